The summed E-state index contributed by atoms with van der Waals surface area (Å²) in [5.74, 6) is -0.324. The Morgan fingerprint density at radius 1 is 0.909 bits per heavy atom. The second-order valence-electron chi connectivity index (χ2n) is 10.1. The van der Waals surface area contributed by atoms with E-state index in [1.165, 1.54) is 0 Å². The van der Waals surface area contributed by atoms with E-state index in [0.29, 0.717) is 0 Å². The molecule has 236 valence electrons. The molecule has 0 aromatic carbocycles. The molecule has 4 aromatic heterocycles. The number of hydrogen-bond acceptors (Lipinski definition) is 15. The molecule has 3 aliphatic heterocycles. The van der Waals surface area contributed by atoms with Gasteiger partial charge in [0.2, 0.25) is 5.95 Å². The van der Waals surface area contributed by atoms with E-state index in [4.69, 9.17) is 34.5 Å². The zero-order valence-corrected chi connectivity index (χ0v) is 23.6. The molecule has 0 saturated carbocycles. The third-order valence-corrected chi connectivity index (χ3v) is 10.3. The second-order valence-corrected chi connectivity index (χ2v) is 13.5. The number of ether oxygens (including phenoxy) is 2. The normalized spacial score (nSPS) is 38.0. The van der Waals surface area contributed by atoms with Gasteiger partial charge < -0.3 is 35.3 Å². The molecule has 3 saturated heterocycles. The molecule has 0 radical (unpaired) electrons. The lowest BCUT2D eigenvalue weighted by Gasteiger charge is -2.24. The van der Waals surface area contributed by atoms with Crippen LogP contribution in [0.15, 0.2) is 23.8 Å². The Labute approximate surface area is 242 Å². The smallest absolute Gasteiger partial charge is 0.382 e. The molecule has 24 heteroatoms. The third-order valence-electron chi connectivity index (χ3n) is 7.40. The van der Waals surface area contributed by atoms with Crippen molar-refractivity contribution >= 4 is 49.5 Å². The number of aromatic amines is 1. The molecule has 0 aliphatic carbocycles. The summed E-state index contributed by atoms with van der Waals surface area (Å²) in [6.07, 6.45) is -9.76. The predicted octanol–water partition coefficient (Wildman–Crippen LogP) is -0.319. The van der Waals surface area contributed by atoms with Crippen LogP contribution in [0.4, 0.5) is 20.5 Å². The summed E-state index contributed by atoms with van der Waals surface area (Å²) in [6.45, 7) is -1.85. The van der Waals surface area contributed by atoms with E-state index in [-0.39, 0.29) is 34.1 Å². The number of phosphoric ester groups is 1. The summed E-state index contributed by atoms with van der Waals surface area (Å²) in [6, 6.07) is 0. The first-order chi connectivity index (χ1) is 20.8. The van der Waals surface area contributed by atoms with Crippen molar-refractivity contribution in [3.05, 3.63) is 29.3 Å². The number of halogens is 2. The van der Waals surface area contributed by atoms with E-state index in [1.807, 2.05) is 0 Å². The van der Waals surface area contributed by atoms with Crippen molar-refractivity contribution in [2.75, 3.05) is 24.7 Å². The Morgan fingerprint density at radius 3 is 2.34 bits per heavy atom. The van der Waals surface area contributed by atoms with Crippen molar-refractivity contribution in [3.8, 4) is 0 Å². The van der Waals surface area contributed by atoms with Crippen LogP contribution in [0.25, 0.3) is 22.3 Å². The Balaban J connectivity index is 1.20. The maximum Gasteiger partial charge on any atom is 0.472 e. The number of aromatic nitrogens is 8. The van der Waals surface area contributed by atoms with Crippen molar-refractivity contribution in [2.45, 2.75) is 48.8 Å². The summed E-state index contributed by atoms with van der Waals surface area (Å²) in [5, 5.41) is 0. The Kier molecular flexibility index (Phi) is 6.84. The van der Waals surface area contributed by atoms with E-state index in [2.05, 4.69) is 29.9 Å². The molecule has 10 atom stereocenters. The van der Waals surface area contributed by atoms with Crippen LogP contribution in [0.3, 0.4) is 0 Å². The highest BCUT2D eigenvalue weighted by atomic mass is 31.2. The molecule has 3 fully saturated rings. The number of phosphoric acid groups is 1. The molecule has 7 rings (SSSR count). The van der Waals surface area contributed by atoms with Gasteiger partial charge in [0.05, 0.1) is 25.9 Å². The maximum absolute atomic E-state index is 16.0. The molecule has 7 heterocycles. The highest BCUT2D eigenvalue weighted by Crippen LogP contribution is 2.59. The van der Waals surface area contributed by atoms with Crippen LogP contribution in [0.5, 0.6) is 0 Å². The summed E-state index contributed by atoms with van der Waals surface area (Å²) in [7, 11) is -10.2. The number of anilines is 2. The summed E-state index contributed by atoms with van der Waals surface area (Å²) in [4.78, 5) is 55.5. The zero-order chi connectivity index (χ0) is 31.1. The number of H-pyrrole nitrogens is 1. The average molecular weight is 662 g/mol. The highest BCUT2D eigenvalue weighted by molar-refractivity contribution is 7.53. The van der Waals surface area contributed by atoms with Crippen molar-refractivity contribution in [1.82, 2.24) is 39.0 Å². The quantitative estimate of drug-likeness (QED) is 0.172. The van der Waals surface area contributed by atoms with Gasteiger partial charge in [-0.2, -0.15) is 4.98 Å². The lowest BCUT2D eigenvalue weighted by atomic mass is 10.1. The van der Waals surface area contributed by atoms with Crippen molar-refractivity contribution in [2.24, 2.45) is 0 Å². The van der Waals surface area contributed by atoms with Crippen molar-refractivity contribution in [3.63, 3.8) is 0 Å². The van der Waals surface area contributed by atoms with Crippen LogP contribution in [0.1, 0.15) is 12.5 Å². The van der Waals surface area contributed by atoms with Gasteiger partial charge >= 0.3 is 15.4 Å². The number of hydrogen-bond donors (Lipinski definition) is 5. The minimum Gasteiger partial charge on any atom is -0.382 e. The first-order valence-corrected chi connectivity index (χ1v) is 15.9. The van der Waals surface area contributed by atoms with E-state index in [0.717, 1.165) is 28.1 Å². The standard InChI is InChI=1S/C20H22F2N10O10P2/c21-8-12-6(40-18(8)32-5-28-11-16(32)29-20(24)30-17(11)33)1-38-43(34,35)13-7(2-39-44(36,37)42-12)41-19(9(13)22)31-4-27-10-14(23)25-3-26-15(10)31/h3-9,12-13,18-19H,1-2H2,(H,34,35)(H,36,37)(H2,23,25,26)(H3,24,29,30,33)/t6?,7?,8-,9-,12-,13-,18?,19?/m1/s1. The van der Waals surface area contributed by atoms with Crippen LogP contribution in [-0.4, -0.2) is 98.4 Å². The van der Waals surface area contributed by atoms with Crippen LogP contribution >= 0.6 is 15.4 Å². The molecule has 6 unspecified atom stereocenters. The van der Waals surface area contributed by atoms with Gasteiger partial charge in [0, 0.05) is 0 Å². The molecule has 7 N–H and O–H groups in total. The van der Waals surface area contributed by atoms with E-state index in [1.54, 1.807) is 0 Å². The Morgan fingerprint density at radius 2 is 1.57 bits per heavy atom. The number of nitrogen functional groups attached to an aromatic ring is 2. The third kappa shape index (κ3) is 4.70. The highest BCUT2D eigenvalue weighted by Gasteiger charge is 2.58. The van der Waals surface area contributed by atoms with Gasteiger partial charge in [-0.1, -0.05) is 0 Å². The fraction of sp³-hybridized carbons (Fsp3) is 0.500. The van der Waals surface area contributed by atoms with Gasteiger partial charge in [-0.15, -0.1) is 0 Å². The van der Waals surface area contributed by atoms with Crippen LogP contribution in [-0.2, 0) is 32.2 Å². The maximum atomic E-state index is 16.0. The second kappa shape index (κ2) is 10.3. The fourth-order valence-electron chi connectivity index (χ4n) is 5.44. The molecule has 0 bridgehead atoms. The van der Waals surface area contributed by atoms with E-state index >= 15 is 8.78 Å². The summed E-state index contributed by atoms with van der Waals surface area (Å²) < 4.78 is 87.1. The predicted molar refractivity (Wildman–Crippen MR) is 140 cm³/mol. The minimum absolute atomic E-state index is 0.0133. The number of nitrogens with one attached hydrogen (secondary N) is 1. The van der Waals surface area contributed by atoms with Gasteiger partial charge in [-0.3, -0.25) is 32.5 Å². The van der Waals surface area contributed by atoms with E-state index < -0.39 is 83.0 Å². The zero-order valence-electron chi connectivity index (χ0n) is 21.9. The monoisotopic (exact) mass is 662 g/mol. The average Bonchev–Trinajstić information content (AvgIpc) is 3.71. The molecule has 4 aromatic rings. The van der Waals surface area contributed by atoms with Crippen LogP contribution in [0.2, 0.25) is 0 Å². The molecular weight excluding hydrogens is 640 g/mol. The number of rotatable bonds is 2. The number of alkyl halides is 2. The molecule has 0 amide bonds. The number of fused-ring (bicyclic) bond motifs is 4. The topological polar surface area (TPSA) is 280 Å². The van der Waals surface area contributed by atoms with Gasteiger partial charge in [-0.25, -0.2) is 33.3 Å². The molecule has 20 nitrogen and oxygen atoms in total. The fourth-order valence-corrected chi connectivity index (χ4v) is 8.01. The number of imidazole rings is 2. The SMILES string of the molecule is Nc1nc2c(ncn2C2OC3COP(=O)(O)[C@@H]4C(COP(=O)(O)O[C@H]3[C@H]2F)OC(n2cnc3c(N)ncnc32)[C@@H]4F)c(=O)[nH]1. The van der Waals surface area contributed by atoms with Gasteiger partial charge in [0.15, 0.2) is 47.4 Å². The minimum atomic E-state index is -5.16. The lowest BCUT2D eigenvalue weighted by molar-refractivity contribution is -0.0460. The van der Waals surface area contributed by atoms with Crippen molar-refractivity contribution in [1.29, 1.82) is 0 Å². The molecular formula is C20H22F2N10O10P2. The lowest BCUT2D eigenvalue weighted by Crippen LogP contribution is -2.34. The molecule has 3 aliphatic rings. The largest absolute Gasteiger partial charge is 0.472 e. The summed E-state index contributed by atoms with van der Waals surface area (Å²) in [5.41, 5.74) is 8.45. The summed E-state index contributed by atoms with van der Waals surface area (Å²) >= 11 is 0. The first kappa shape index (κ1) is 29.3. The first-order valence-electron chi connectivity index (χ1n) is 12.7. The van der Waals surface area contributed by atoms with Gasteiger partial charge in [-0.05, 0) is 0 Å². The molecule has 0 spiro atoms. The Bertz CT molecular complexity index is 1920. The number of nitrogens with zero attached hydrogens (tertiary/aromatic N) is 7. The van der Waals surface area contributed by atoms with Gasteiger partial charge in [0.25, 0.3) is 5.56 Å². The molecule has 44 heavy (non-hydrogen) atoms. The van der Waals surface area contributed by atoms with E-state index in [9.17, 15) is 23.7 Å². The van der Waals surface area contributed by atoms with Crippen LogP contribution in [0, 0.1) is 0 Å². The van der Waals surface area contributed by atoms with Crippen molar-refractivity contribution < 1.29 is 50.7 Å². The number of nitrogens with two attached hydrogens (primary N) is 2. The van der Waals surface area contributed by atoms with Crippen LogP contribution < -0.4 is 17.0 Å². The Hall–Kier alpha value is -3.46. The van der Waals surface area contributed by atoms with Gasteiger partial charge in [0.1, 0.15) is 35.8 Å².